The van der Waals surface area contributed by atoms with Crippen LogP contribution in [0.4, 0.5) is 5.95 Å². The van der Waals surface area contributed by atoms with Gasteiger partial charge in [0.1, 0.15) is 6.26 Å². The molecular formula is C8H7N7OS. The molecule has 0 spiro atoms. The predicted octanol–water partition coefficient (Wildman–Crippen LogP) is 0.478. The number of anilines is 1. The van der Waals surface area contributed by atoms with Crippen molar-refractivity contribution in [3.63, 3.8) is 0 Å². The van der Waals surface area contributed by atoms with Gasteiger partial charge in [-0.2, -0.15) is 19.5 Å². The Labute approximate surface area is 99.3 Å². The van der Waals surface area contributed by atoms with Crippen LogP contribution in [0.25, 0.3) is 17.5 Å². The Morgan fingerprint density at radius 1 is 1.35 bits per heavy atom. The van der Waals surface area contributed by atoms with Crippen molar-refractivity contribution >= 4 is 23.5 Å². The number of rotatable bonds is 2. The molecule has 3 aromatic rings. The van der Waals surface area contributed by atoms with E-state index >= 15 is 0 Å². The van der Waals surface area contributed by atoms with E-state index in [-0.39, 0.29) is 5.95 Å². The van der Waals surface area contributed by atoms with Gasteiger partial charge in [0.25, 0.3) is 11.7 Å². The van der Waals surface area contributed by atoms with Crippen LogP contribution in [0.15, 0.2) is 22.0 Å². The lowest BCUT2D eigenvalue weighted by atomic mass is 10.6. The number of aromatic nitrogens is 6. The van der Waals surface area contributed by atoms with Gasteiger partial charge in [0.05, 0.1) is 6.20 Å². The second kappa shape index (κ2) is 3.70. The maximum atomic E-state index is 5.74. The summed E-state index contributed by atoms with van der Waals surface area (Å²) in [6.07, 6.45) is 4.82. The van der Waals surface area contributed by atoms with Crippen LogP contribution in [-0.2, 0) is 0 Å². The van der Waals surface area contributed by atoms with Crippen LogP contribution in [0.1, 0.15) is 0 Å². The normalized spacial score (nSPS) is 11.1. The van der Waals surface area contributed by atoms with Crippen LogP contribution in [0.2, 0.25) is 0 Å². The zero-order valence-corrected chi connectivity index (χ0v) is 9.55. The Hall–Kier alpha value is -2.16. The van der Waals surface area contributed by atoms with Crippen molar-refractivity contribution in [3.8, 4) is 11.7 Å². The van der Waals surface area contributed by atoms with E-state index in [0.29, 0.717) is 22.6 Å². The summed E-state index contributed by atoms with van der Waals surface area (Å²) in [6, 6.07) is 0. The molecule has 0 atom stereocenters. The van der Waals surface area contributed by atoms with E-state index in [1.54, 1.807) is 0 Å². The highest BCUT2D eigenvalue weighted by atomic mass is 32.2. The van der Waals surface area contributed by atoms with Crippen molar-refractivity contribution < 1.29 is 4.42 Å². The summed E-state index contributed by atoms with van der Waals surface area (Å²) in [4.78, 5) is 16.4. The quantitative estimate of drug-likeness (QED) is 0.653. The molecule has 0 fully saturated rings. The molecule has 0 bridgehead atoms. The minimum atomic E-state index is 0.227. The van der Waals surface area contributed by atoms with E-state index < -0.39 is 0 Å². The molecule has 0 aliphatic rings. The lowest BCUT2D eigenvalue weighted by Crippen LogP contribution is -2.04. The molecule has 0 unspecified atom stereocenters. The monoisotopic (exact) mass is 249 g/mol. The molecule has 2 N–H and O–H groups in total. The highest BCUT2D eigenvalue weighted by Gasteiger charge is 2.14. The van der Waals surface area contributed by atoms with Crippen LogP contribution in [0.3, 0.4) is 0 Å². The minimum absolute atomic E-state index is 0.227. The summed E-state index contributed by atoms with van der Waals surface area (Å²) < 4.78 is 6.45. The van der Waals surface area contributed by atoms with Crippen LogP contribution in [0, 0.1) is 0 Å². The number of hydrogen-bond acceptors (Lipinski definition) is 8. The fourth-order valence-electron chi connectivity index (χ4n) is 1.30. The molecule has 3 heterocycles. The van der Waals surface area contributed by atoms with Gasteiger partial charge in [0.15, 0.2) is 5.16 Å². The molecule has 0 aliphatic heterocycles. The Morgan fingerprint density at radius 3 is 2.94 bits per heavy atom. The molecular weight excluding hydrogens is 242 g/mol. The average molecular weight is 249 g/mol. The van der Waals surface area contributed by atoms with Crippen LogP contribution < -0.4 is 5.73 Å². The molecule has 3 rings (SSSR count). The first kappa shape index (κ1) is 10.0. The largest absolute Gasteiger partial charge is 0.442 e. The molecule has 0 aliphatic carbocycles. The Kier molecular flexibility index (Phi) is 2.18. The lowest BCUT2D eigenvalue weighted by Gasteiger charge is -1.97. The SMILES string of the molecule is CSc1nc(N)n2nc(-c3ncco3)nc2n1. The number of nitrogen functional groups attached to an aromatic ring is 1. The first-order valence-corrected chi connectivity index (χ1v) is 5.84. The molecule has 0 radical (unpaired) electrons. The van der Waals surface area contributed by atoms with Crippen LogP contribution in [-0.4, -0.2) is 35.8 Å². The van der Waals surface area contributed by atoms with Crippen molar-refractivity contribution in [1.82, 2.24) is 29.5 Å². The molecule has 8 nitrogen and oxygen atoms in total. The van der Waals surface area contributed by atoms with Gasteiger partial charge in [0.2, 0.25) is 11.8 Å². The van der Waals surface area contributed by atoms with Crippen LogP contribution in [0.5, 0.6) is 0 Å². The van der Waals surface area contributed by atoms with E-state index in [9.17, 15) is 0 Å². The Morgan fingerprint density at radius 2 is 2.24 bits per heavy atom. The van der Waals surface area contributed by atoms with Gasteiger partial charge >= 0.3 is 0 Å². The smallest absolute Gasteiger partial charge is 0.266 e. The van der Waals surface area contributed by atoms with Gasteiger partial charge in [-0.25, -0.2) is 4.98 Å². The summed E-state index contributed by atoms with van der Waals surface area (Å²) in [5.74, 6) is 1.24. The minimum Gasteiger partial charge on any atom is -0.442 e. The second-order valence-corrected chi connectivity index (χ2v) is 3.83. The number of nitrogens with two attached hydrogens (primary N) is 1. The maximum absolute atomic E-state index is 5.74. The number of hydrogen-bond donors (Lipinski definition) is 1. The summed E-state index contributed by atoms with van der Waals surface area (Å²) in [7, 11) is 0. The summed E-state index contributed by atoms with van der Waals surface area (Å²) in [5.41, 5.74) is 5.74. The zero-order valence-electron chi connectivity index (χ0n) is 8.73. The van der Waals surface area contributed by atoms with E-state index in [0.717, 1.165) is 0 Å². The predicted molar refractivity (Wildman–Crippen MR) is 60.3 cm³/mol. The first-order chi connectivity index (χ1) is 8.28. The number of fused-ring (bicyclic) bond motifs is 1. The zero-order chi connectivity index (χ0) is 11.8. The van der Waals surface area contributed by atoms with Gasteiger partial charge in [-0.15, -0.1) is 5.10 Å². The summed E-state index contributed by atoms with van der Waals surface area (Å²) in [6.45, 7) is 0. The standard InChI is InChI=1S/C8H7N7OS/c1-17-8-12-6(9)15-7(13-8)11-4(14-15)5-10-2-3-16-5/h2-3H,1H3,(H2,9,11,12,13,14). The van der Waals surface area contributed by atoms with Crippen molar-refractivity contribution in [3.05, 3.63) is 12.5 Å². The average Bonchev–Trinajstić information content (AvgIpc) is 2.96. The fourth-order valence-corrected chi connectivity index (χ4v) is 1.66. The highest BCUT2D eigenvalue weighted by Crippen LogP contribution is 2.16. The number of thioether (sulfide) groups is 1. The van der Waals surface area contributed by atoms with Crippen molar-refractivity contribution in [1.29, 1.82) is 0 Å². The molecule has 0 amide bonds. The Balaban J connectivity index is 2.22. The summed E-state index contributed by atoms with van der Waals surface area (Å²) >= 11 is 1.38. The molecule has 9 heteroatoms. The lowest BCUT2D eigenvalue weighted by molar-refractivity contribution is 0.569. The van der Waals surface area contributed by atoms with Crippen molar-refractivity contribution in [2.45, 2.75) is 5.16 Å². The van der Waals surface area contributed by atoms with Gasteiger partial charge < -0.3 is 10.2 Å². The third-order valence-electron chi connectivity index (χ3n) is 2.02. The molecule has 0 saturated heterocycles. The van der Waals surface area contributed by atoms with Crippen LogP contribution >= 0.6 is 11.8 Å². The van der Waals surface area contributed by atoms with Gasteiger partial charge in [-0.1, -0.05) is 11.8 Å². The van der Waals surface area contributed by atoms with Gasteiger partial charge in [-0.3, -0.25) is 0 Å². The second-order valence-electron chi connectivity index (χ2n) is 3.05. The maximum Gasteiger partial charge on any atom is 0.266 e. The molecule has 86 valence electrons. The third-order valence-corrected chi connectivity index (χ3v) is 2.57. The fraction of sp³-hybridized carbons (Fsp3) is 0.125. The Bertz CT molecular complexity index is 662. The molecule has 0 saturated carbocycles. The summed E-state index contributed by atoms with van der Waals surface area (Å²) in [5, 5.41) is 4.66. The highest BCUT2D eigenvalue weighted by molar-refractivity contribution is 7.98. The molecule has 17 heavy (non-hydrogen) atoms. The van der Waals surface area contributed by atoms with E-state index in [4.69, 9.17) is 10.2 Å². The molecule has 0 aromatic carbocycles. The third kappa shape index (κ3) is 1.60. The number of oxazole rings is 1. The topological polar surface area (TPSA) is 108 Å². The van der Waals surface area contributed by atoms with Gasteiger partial charge in [-0.05, 0) is 6.26 Å². The van der Waals surface area contributed by atoms with E-state index in [2.05, 4.69) is 25.0 Å². The van der Waals surface area contributed by atoms with E-state index in [1.165, 1.54) is 28.7 Å². The van der Waals surface area contributed by atoms with Crippen molar-refractivity contribution in [2.24, 2.45) is 0 Å². The first-order valence-electron chi connectivity index (χ1n) is 4.62. The van der Waals surface area contributed by atoms with E-state index in [1.807, 2.05) is 6.26 Å². The van der Waals surface area contributed by atoms with Gasteiger partial charge in [0, 0.05) is 0 Å². The molecule has 3 aromatic heterocycles. The van der Waals surface area contributed by atoms with Crippen molar-refractivity contribution in [2.75, 3.05) is 12.0 Å². The number of nitrogens with zero attached hydrogens (tertiary/aromatic N) is 6.